The fraction of sp³-hybridized carbons (Fsp3) is 0.400. The third kappa shape index (κ3) is 2.09. The zero-order chi connectivity index (χ0) is 10.6. The number of benzene rings is 1. The first kappa shape index (κ1) is 10.7. The first-order chi connectivity index (χ1) is 6.72. The summed E-state index contributed by atoms with van der Waals surface area (Å²) in [7, 11) is 3.10. The lowest BCUT2D eigenvalue weighted by Gasteiger charge is -2.12. The van der Waals surface area contributed by atoms with Crippen LogP contribution in [0.5, 0.6) is 17.2 Å². The number of phenolic OH excluding ortho intramolecular Hbond substituents is 1. The summed E-state index contributed by atoms with van der Waals surface area (Å²) in [5.41, 5.74) is 6.30. The molecule has 1 rings (SSSR count). The van der Waals surface area contributed by atoms with Crippen LogP contribution >= 0.6 is 0 Å². The lowest BCUT2D eigenvalue weighted by atomic mass is 10.1. The standard InChI is InChI=1S/C10H15NO3/c1-13-9-6-8(12)5-7(3-4-11)10(9)14-2/h5-6,12H,3-4,11H2,1-2H3. The number of rotatable bonds is 4. The van der Waals surface area contributed by atoms with Gasteiger partial charge in [0.2, 0.25) is 0 Å². The third-order valence-electron chi connectivity index (χ3n) is 1.95. The highest BCUT2D eigenvalue weighted by molar-refractivity contribution is 5.51. The Bertz CT molecular complexity index is 312. The molecular formula is C10H15NO3. The van der Waals surface area contributed by atoms with Gasteiger partial charge in [-0.1, -0.05) is 0 Å². The summed E-state index contributed by atoms with van der Waals surface area (Å²) in [5.74, 6) is 1.32. The lowest BCUT2D eigenvalue weighted by Crippen LogP contribution is -2.05. The van der Waals surface area contributed by atoms with E-state index in [0.29, 0.717) is 24.5 Å². The molecule has 0 saturated heterocycles. The molecule has 14 heavy (non-hydrogen) atoms. The lowest BCUT2D eigenvalue weighted by molar-refractivity contribution is 0.348. The van der Waals surface area contributed by atoms with E-state index >= 15 is 0 Å². The molecule has 3 N–H and O–H groups in total. The predicted octanol–water partition coefficient (Wildman–Crippen LogP) is 0.911. The van der Waals surface area contributed by atoms with E-state index in [1.165, 1.54) is 13.2 Å². The topological polar surface area (TPSA) is 64.7 Å². The van der Waals surface area contributed by atoms with Crippen LogP contribution in [0.3, 0.4) is 0 Å². The van der Waals surface area contributed by atoms with Gasteiger partial charge in [0.15, 0.2) is 11.5 Å². The minimum Gasteiger partial charge on any atom is -0.508 e. The number of nitrogens with two attached hydrogens (primary N) is 1. The Kier molecular flexibility index (Phi) is 3.59. The zero-order valence-electron chi connectivity index (χ0n) is 8.41. The van der Waals surface area contributed by atoms with E-state index in [1.807, 2.05) is 0 Å². The third-order valence-corrected chi connectivity index (χ3v) is 1.95. The van der Waals surface area contributed by atoms with Crippen LogP contribution in [0.2, 0.25) is 0 Å². The molecule has 4 nitrogen and oxygen atoms in total. The maximum absolute atomic E-state index is 9.40. The van der Waals surface area contributed by atoms with Gasteiger partial charge in [0.25, 0.3) is 0 Å². The average molecular weight is 197 g/mol. The van der Waals surface area contributed by atoms with Crippen molar-refractivity contribution in [3.63, 3.8) is 0 Å². The van der Waals surface area contributed by atoms with Crippen molar-refractivity contribution in [3.8, 4) is 17.2 Å². The van der Waals surface area contributed by atoms with Gasteiger partial charge in [-0.15, -0.1) is 0 Å². The van der Waals surface area contributed by atoms with E-state index in [4.69, 9.17) is 15.2 Å². The van der Waals surface area contributed by atoms with Crippen LogP contribution in [0.4, 0.5) is 0 Å². The molecule has 0 fully saturated rings. The van der Waals surface area contributed by atoms with Crippen molar-refractivity contribution >= 4 is 0 Å². The SMILES string of the molecule is COc1cc(O)cc(CCN)c1OC. The fourth-order valence-electron chi connectivity index (χ4n) is 1.37. The van der Waals surface area contributed by atoms with Gasteiger partial charge in [0, 0.05) is 11.6 Å². The van der Waals surface area contributed by atoms with Crippen molar-refractivity contribution in [2.45, 2.75) is 6.42 Å². The van der Waals surface area contributed by atoms with Crippen LogP contribution in [0.25, 0.3) is 0 Å². The van der Waals surface area contributed by atoms with Crippen molar-refractivity contribution in [1.82, 2.24) is 0 Å². The van der Waals surface area contributed by atoms with Gasteiger partial charge < -0.3 is 20.3 Å². The number of ether oxygens (including phenoxy) is 2. The Hall–Kier alpha value is -1.42. The molecule has 78 valence electrons. The van der Waals surface area contributed by atoms with Gasteiger partial charge in [-0.25, -0.2) is 0 Å². The zero-order valence-corrected chi connectivity index (χ0v) is 8.41. The summed E-state index contributed by atoms with van der Waals surface area (Å²) in [6, 6.07) is 3.15. The first-order valence-electron chi connectivity index (χ1n) is 4.36. The minimum atomic E-state index is 0.158. The molecule has 0 radical (unpaired) electrons. The van der Waals surface area contributed by atoms with Crippen LogP contribution in [-0.4, -0.2) is 25.9 Å². The number of phenols is 1. The molecule has 0 aliphatic carbocycles. The highest BCUT2D eigenvalue weighted by Crippen LogP contribution is 2.35. The maximum Gasteiger partial charge on any atom is 0.164 e. The summed E-state index contributed by atoms with van der Waals surface area (Å²) >= 11 is 0. The largest absolute Gasteiger partial charge is 0.508 e. The van der Waals surface area contributed by atoms with E-state index in [-0.39, 0.29) is 5.75 Å². The van der Waals surface area contributed by atoms with E-state index < -0.39 is 0 Å². The van der Waals surface area contributed by atoms with Crippen molar-refractivity contribution < 1.29 is 14.6 Å². The molecule has 0 heterocycles. The molecule has 1 aromatic rings. The summed E-state index contributed by atoms with van der Waals surface area (Å²) in [5, 5.41) is 9.40. The van der Waals surface area contributed by atoms with Crippen LogP contribution in [0, 0.1) is 0 Å². The Balaban J connectivity index is 3.17. The highest BCUT2D eigenvalue weighted by atomic mass is 16.5. The molecule has 0 atom stereocenters. The molecule has 0 aliphatic heterocycles. The Morgan fingerprint density at radius 1 is 1.29 bits per heavy atom. The molecule has 0 amide bonds. The summed E-state index contributed by atoms with van der Waals surface area (Å²) < 4.78 is 10.3. The van der Waals surface area contributed by atoms with E-state index in [9.17, 15) is 5.11 Å². The number of aromatic hydroxyl groups is 1. The van der Waals surface area contributed by atoms with Gasteiger partial charge in [-0.05, 0) is 19.0 Å². The molecule has 0 saturated carbocycles. The molecule has 0 aromatic heterocycles. The quantitative estimate of drug-likeness (QED) is 0.753. The molecule has 4 heteroatoms. The maximum atomic E-state index is 9.40. The Morgan fingerprint density at radius 2 is 2.00 bits per heavy atom. The first-order valence-corrected chi connectivity index (χ1v) is 4.36. The van der Waals surface area contributed by atoms with E-state index in [2.05, 4.69) is 0 Å². The second kappa shape index (κ2) is 4.72. The molecule has 0 aliphatic rings. The van der Waals surface area contributed by atoms with E-state index in [0.717, 1.165) is 5.56 Å². The molecule has 0 spiro atoms. The van der Waals surface area contributed by atoms with Crippen LogP contribution in [0.1, 0.15) is 5.56 Å². The summed E-state index contributed by atoms with van der Waals surface area (Å²) in [6.07, 6.45) is 0.647. The predicted molar refractivity (Wildman–Crippen MR) is 54.0 cm³/mol. The normalized spacial score (nSPS) is 9.93. The van der Waals surface area contributed by atoms with Crippen molar-refractivity contribution in [2.24, 2.45) is 5.73 Å². The molecule has 0 unspecified atom stereocenters. The number of hydrogen-bond donors (Lipinski definition) is 2. The van der Waals surface area contributed by atoms with Crippen LogP contribution < -0.4 is 15.2 Å². The Morgan fingerprint density at radius 3 is 2.50 bits per heavy atom. The average Bonchev–Trinajstić information content (AvgIpc) is 2.17. The minimum absolute atomic E-state index is 0.158. The smallest absolute Gasteiger partial charge is 0.164 e. The second-order valence-electron chi connectivity index (χ2n) is 2.88. The van der Waals surface area contributed by atoms with Gasteiger partial charge in [-0.2, -0.15) is 0 Å². The molecule has 1 aromatic carbocycles. The number of hydrogen-bond acceptors (Lipinski definition) is 4. The van der Waals surface area contributed by atoms with Gasteiger partial charge in [0.05, 0.1) is 14.2 Å². The van der Waals surface area contributed by atoms with Crippen molar-refractivity contribution in [3.05, 3.63) is 17.7 Å². The number of methoxy groups -OCH3 is 2. The van der Waals surface area contributed by atoms with Crippen molar-refractivity contribution in [2.75, 3.05) is 20.8 Å². The second-order valence-corrected chi connectivity index (χ2v) is 2.88. The fourth-order valence-corrected chi connectivity index (χ4v) is 1.37. The molecule has 0 bridgehead atoms. The van der Waals surface area contributed by atoms with Gasteiger partial charge in [0.1, 0.15) is 5.75 Å². The summed E-state index contributed by atoms with van der Waals surface area (Å²) in [4.78, 5) is 0. The van der Waals surface area contributed by atoms with Crippen LogP contribution in [-0.2, 0) is 6.42 Å². The highest BCUT2D eigenvalue weighted by Gasteiger charge is 2.11. The van der Waals surface area contributed by atoms with Gasteiger partial charge in [-0.3, -0.25) is 0 Å². The van der Waals surface area contributed by atoms with Crippen LogP contribution in [0.15, 0.2) is 12.1 Å². The monoisotopic (exact) mass is 197 g/mol. The molecular weight excluding hydrogens is 182 g/mol. The van der Waals surface area contributed by atoms with E-state index in [1.54, 1.807) is 13.2 Å². The van der Waals surface area contributed by atoms with Gasteiger partial charge >= 0.3 is 0 Å². The summed E-state index contributed by atoms with van der Waals surface area (Å²) in [6.45, 7) is 0.503. The van der Waals surface area contributed by atoms with Crippen molar-refractivity contribution in [1.29, 1.82) is 0 Å². The Labute approximate surface area is 83.3 Å².